The van der Waals surface area contributed by atoms with Gasteiger partial charge in [-0.3, -0.25) is 4.79 Å². The fraction of sp³-hybridized carbons (Fsp3) is 0.417. The number of para-hydroxylation sites is 1. The van der Waals surface area contributed by atoms with E-state index in [0.717, 1.165) is 6.07 Å². The Balaban J connectivity index is 3.20. The standard InChI is InChI=1S/C12H16F2N2O3S/c1-12(2,15-3)10(17)16-8-6-4-5-7-9(8)20(18,19)11(13)14/h4-7,11,15H,1-3H3,(H,16,17). The van der Waals surface area contributed by atoms with E-state index in [9.17, 15) is 22.0 Å². The summed E-state index contributed by atoms with van der Waals surface area (Å²) in [5.74, 6) is -4.07. The summed E-state index contributed by atoms with van der Waals surface area (Å²) in [5, 5.41) is 5.08. The van der Waals surface area contributed by atoms with Gasteiger partial charge < -0.3 is 10.6 Å². The number of hydrogen-bond donors (Lipinski definition) is 2. The van der Waals surface area contributed by atoms with Crippen LogP contribution in [0.5, 0.6) is 0 Å². The predicted molar refractivity (Wildman–Crippen MR) is 71.4 cm³/mol. The number of halogens is 2. The fourth-order valence-corrected chi connectivity index (χ4v) is 2.19. The van der Waals surface area contributed by atoms with Crippen molar-refractivity contribution in [2.24, 2.45) is 0 Å². The van der Waals surface area contributed by atoms with Crippen LogP contribution in [0.1, 0.15) is 13.8 Å². The van der Waals surface area contributed by atoms with Gasteiger partial charge in [0.25, 0.3) is 0 Å². The minimum Gasteiger partial charge on any atom is -0.323 e. The number of likely N-dealkylation sites (N-methyl/N-ethyl adjacent to an activating group) is 1. The Morgan fingerprint density at radius 2 is 1.80 bits per heavy atom. The third-order valence-corrected chi connectivity index (χ3v) is 4.31. The molecule has 1 rings (SSSR count). The summed E-state index contributed by atoms with van der Waals surface area (Å²) in [6.07, 6.45) is 0. The molecular formula is C12H16F2N2O3S. The Morgan fingerprint density at radius 1 is 1.25 bits per heavy atom. The van der Waals surface area contributed by atoms with Crippen LogP contribution in [0.4, 0.5) is 14.5 Å². The third-order valence-electron chi connectivity index (χ3n) is 2.87. The molecular weight excluding hydrogens is 290 g/mol. The molecule has 5 nitrogen and oxygen atoms in total. The van der Waals surface area contributed by atoms with Gasteiger partial charge in [0, 0.05) is 0 Å². The molecule has 0 bridgehead atoms. The van der Waals surface area contributed by atoms with Crippen LogP contribution in [-0.2, 0) is 14.6 Å². The quantitative estimate of drug-likeness (QED) is 0.867. The van der Waals surface area contributed by atoms with E-state index in [1.807, 2.05) is 0 Å². The molecule has 0 heterocycles. The van der Waals surface area contributed by atoms with E-state index in [0.29, 0.717) is 0 Å². The number of alkyl halides is 2. The summed E-state index contributed by atoms with van der Waals surface area (Å²) in [6, 6.07) is 5.06. The molecule has 1 aromatic rings. The summed E-state index contributed by atoms with van der Waals surface area (Å²) in [4.78, 5) is 11.4. The van der Waals surface area contributed by atoms with Crippen molar-refractivity contribution in [2.75, 3.05) is 12.4 Å². The summed E-state index contributed by atoms with van der Waals surface area (Å²) in [6.45, 7) is 3.15. The van der Waals surface area contributed by atoms with E-state index < -0.39 is 31.9 Å². The number of nitrogens with one attached hydrogen (secondary N) is 2. The molecule has 2 N–H and O–H groups in total. The molecule has 8 heteroatoms. The molecule has 0 spiro atoms. The molecule has 0 aromatic heterocycles. The molecule has 0 unspecified atom stereocenters. The maximum atomic E-state index is 12.6. The van der Waals surface area contributed by atoms with E-state index in [2.05, 4.69) is 10.6 Å². The van der Waals surface area contributed by atoms with Gasteiger partial charge in [-0.05, 0) is 33.0 Å². The van der Waals surface area contributed by atoms with Crippen LogP contribution in [0.3, 0.4) is 0 Å². The molecule has 0 atom stereocenters. The van der Waals surface area contributed by atoms with E-state index in [1.54, 1.807) is 20.9 Å². The van der Waals surface area contributed by atoms with Gasteiger partial charge in [-0.2, -0.15) is 8.78 Å². The van der Waals surface area contributed by atoms with Gasteiger partial charge in [0.05, 0.1) is 16.1 Å². The van der Waals surface area contributed by atoms with E-state index in [4.69, 9.17) is 0 Å². The Kier molecular flexibility index (Phi) is 4.82. The summed E-state index contributed by atoms with van der Waals surface area (Å²) >= 11 is 0. The number of hydrogen-bond acceptors (Lipinski definition) is 4. The van der Waals surface area contributed by atoms with Crippen molar-refractivity contribution < 1.29 is 22.0 Å². The maximum Gasteiger partial charge on any atom is 0.341 e. The van der Waals surface area contributed by atoms with Gasteiger partial charge >= 0.3 is 5.76 Å². The number of rotatable bonds is 5. The molecule has 1 amide bonds. The van der Waals surface area contributed by atoms with Crippen LogP contribution in [-0.4, -0.2) is 32.7 Å². The van der Waals surface area contributed by atoms with E-state index in [-0.39, 0.29) is 5.69 Å². The fourth-order valence-electron chi connectivity index (χ4n) is 1.31. The second-order valence-corrected chi connectivity index (χ2v) is 6.52. The van der Waals surface area contributed by atoms with Crippen molar-refractivity contribution in [3.05, 3.63) is 24.3 Å². The van der Waals surface area contributed by atoms with Gasteiger partial charge in [-0.1, -0.05) is 12.1 Å². The topological polar surface area (TPSA) is 75.3 Å². The van der Waals surface area contributed by atoms with Crippen LogP contribution < -0.4 is 10.6 Å². The molecule has 1 aromatic carbocycles. The van der Waals surface area contributed by atoms with Crippen LogP contribution in [0.25, 0.3) is 0 Å². The highest BCUT2D eigenvalue weighted by molar-refractivity contribution is 7.91. The zero-order valence-electron chi connectivity index (χ0n) is 11.3. The van der Waals surface area contributed by atoms with Crippen LogP contribution in [0.15, 0.2) is 29.2 Å². The Labute approximate surface area is 116 Å². The Hall–Kier alpha value is -1.54. The zero-order valence-corrected chi connectivity index (χ0v) is 12.1. The summed E-state index contributed by atoms with van der Waals surface area (Å²) in [7, 11) is -3.22. The molecule has 0 radical (unpaired) electrons. The minimum atomic E-state index is -4.77. The maximum absolute atomic E-state index is 12.6. The SMILES string of the molecule is CNC(C)(C)C(=O)Nc1ccccc1S(=O)(=O)C(F)F. The van der Waals surface area contributed by atoms with Crippen molar-refractivity contribution in [1.82, 2.24) is 5.32 Å². The smallest absolute Gasteiger partial charge is 0.323 e. The van der Waals surface area contributed by atoms with Crippen LogP contribution in [0.2, 0.25) is 0 Å². The Morgan fingerprint density at radius 3 is 2.30 bits per heavy atom. The van der Waals surface area contributed by atoms with Crippen molar-refractivity contribution in [2.45, 2.75) is 30.0 Å². The van der Waals surface area contributed by atoms with Crippen LogP contribution >= 0.6 is 0 Å². The molecule has 0 aliphatic heterocycles. The number of benzene rings is 1. The van der Waals surface area contributed by atoms with Gasteiger partial charge in [-0.15, -0.1) is 0 Å². The van der Waals surface area contributed by atoms with Crippen molar-refractivity contribution in [1.29, 1.82) is 0 Å². The molecule has 20 heavy (non-hydrogen) atoms. The summed E-state index contributed by atoms with van der Waals surface area (Å²) in [5.41, 5.74) is -1.14. The van der Waals surface area contributed by atoms with Crippen LogP contribution in [0, 0.1) is 0 Å². The lowest BCUT2D eigenvalue weighted by atomic mass is 10.1. The normalized spacial score (nSPS) is 12.5. The second kappa shape index (κ2) is 5.84. The van der Waals surface area contributed by atoms with Crippen molar-refractivity contribution in [3.63, 3.8) is 0 Å². The lowest BCUT2D eigenvalue weighted by molar-refractivity contribution is -0.121. The van der Waals surface area contributed by atoms with Gasteiger partial charge in [0.1, 0.15) is 0 Å². The largest absolute Gasteiger partial charge is 0.341 e. The average molecular weight is 306 g/mol. The first-order valence-corrected chi connectivity index (χ1v) is 7.29. The first kappa shape index (κ1) is 16.5. The van der Waals surface area contributed by atoms with Crippen molar-refractivity contribution >= 4 is 21.4 Å². The van der Waals surface area contributed by atoms with E-state index >= 15 is 0 Å². The van der Waals surface area contributed by atoms with Gasteiger partial charge in [0.15, 0.2) is 0 Å². The zero-order chi connectivity index (χ0) is 15.6. The first-order valence-electron chi connectivity index (χ1n) is 5.74. The average Bonchev–Trinajstić information content (AvgIpc) is 2.38. The number of carbonyl (C=O) groups excluding carboxylic acids is 1. The second-order valence-electron chi connectivity index (χ2n) is 4.63. The third kappa shape index (κ3) is 3.31. The van der Waals surface area contributed by atoms with Gasteiger partial charge in [-0.25, -0.2) is 8.42 Å². The molecule has 0 fully saturated rings. The lowest BCUT2D eigenvalue weighted by Crippen LogP contribution is -2.48. The van der Waals surface area contributed by atoms with Gasteiger partial charge in [0.2, 0.25) is 15.7 Å². The first-order chi connectivity index (χ1) is 9.13. The molecule has 0 aliphatic carbocycles. The monoisotopic (exact) mass is 306 g/mol. The minimum absolute atomic E-state index is 0.166. The number of amides is 1. The molecule has 0 saturated heterocycles. The highest BCUT2D eigenvalue weighted by Gasteiger charge is 2.31. The summed E-state index contributed by atoms with van der Waals surface area (Å²) < 4.78 is 48.3. The highest BCUT2D eigenvalue weighted by atomic mass is 32.2. The number of anilines is 1. The Bertz CT molecular complexity index is 600. The number of sulfone groups is 1. The molecule has 112 valence electrons. The number of carbonyl (C=O) groups is 1. The lowest BCUT2D eigenvalue weighted by Gasteiger charge is -2.23. The van der Waals surface area contributed by atoms with Crippen molar-refractivity contribution in [3.8, 4) is 0 Å². The predicted octanol–water partition coefficient (Wildman–Crippen LogP) is 1.62. The highest BCUT2D eigenvalue weighted by Crippen LogP contribution is 2.26. The van der Waals surface area contributed by atoms with E-state index in [1.165, 1.54) is 18.2 Å². The molecule has 0 aliphatic rings. The molecule has 0 saturated carbocycles.